The molecule has 2 aliphatic heterocycles. The first-order valence-electron chi connectivity index (χ1n) is 11.9. The van der Waals surface area contributed by atoms with Crippen molar-refractivity contribution in [3.63, 3.8) is 0 Å². The number of hydrogen-bond acceptors (Lipinski definition) is 5. The van der Waals surface area contributed by atoms with E-state index in [1.807, 2.05) is 17.0 Å². The number of nitrogens with zero attached hydrogens (tertiary/aromatic N) is 1. The van der Waals surface area contributed by atoms with Gasteiger partial charge in [0.15, 0.2) is 11.5 Å². The van der Waals surface area contributed by atoms with Crippen LogP contribution in [-0.4, -0.2) is 43.7 Å². The Bertz CT molecular complexity index is 1270. The quantitative estimate of drug-likeness (QED) is 0.492. The van der Waals surface area contributed by atoms with Crippen molar-refractivity contribution in [2.45, 2.75) is 25.2 Å². The number of piperidine rings is 1. The van der Waals surface area contributed by atoms with Gasteiger partial charge in [0.05, 0.1) is 13.5 Å². The van der Waals surface area contributed by atoms with Gasteiger partial charge < -0.3 is 24.4 Å². The lowest BCUT2D eigenvalue weighted by Crippen LogP contribution is -2.37. The number of hydrogen-bond donors (Lipinski definition) is 1. The number of nitrogens with one attached hydrogen (secondary N) is 1. The summed E-state index contributed by atoms with van der Waals surface area (Å²) in [6, 6.07) is 18.6. The van der Waals surface area contributed by atoms with E-state index >= 15 is 0 Å². The highest BCUT2D eigenvalue weighted by Crippen LogP contribution is 2.34. The third-order valence-electron chi connectivity index (χ3n) is 6.68. The molecule has 5 rings (SSSR count). The van der Waals surface area contributed by atoms with Crippen LogP contribution in [0.2, 0.25) is 5.02 Å². The van der Waals surface area contributed by atoms with Crippen LogP contribution in [0.15, 0.2) is 60.7 Å². The molecule has 3 aromatic rings. The van der Waals surface area contributed by atoms with Crippen LogP contribution in [-0.2, 0) is 11.2 Å². The third-order valence-corrected chi connectivity index (χ3v) is 7.03. The minimum absolute atomic E-state index is 0.0155. The number of methoxy groups -OCH3 is 1. The van der Waals surface area contributed by atoms with E-state index in [0.717, 1.165) is 24.1 Å². The van der Waals surface area contributed by atoms with Crippen molar-refractivity contribution < 1.29 is 23.8 Å². The number of carbonyl (C=O) groups excluding carboxylic acids is 2. The van der Waals surface area contributed by atoms with Crippen LogP contribution in [0, 0.1) is 0 Å². The summed E-state index contributed by atoms with van der Waals surface area (Å²) in [4.78, 5) is 27.3. The summed E-state index contributed by atoms with van der Waals surface area (Å²) in [5.74, 6) is 2.20. The smallest absolute Gasteiger partial charge is 0.253 e. The molecule has 186 valence electrons. The summed E-state index contributed by atoms with van der Waals surface area (Å²) in [6.45, 7) is 1.58. The summed E-state index contributed by atoms with van der Waals surface area (Å²) in [5, 5.41) is 3.44. The average Bonchev–Trinajstić information content (AvgIpc) is 3.38. The number of ether oxygens (including phenoxy) is 3. The molecule has 0 saturated carbocycles. The molecule has 0 atom stereocenters. The molecule has 2 amide bonds. The zero-order chi connectivity index (χ0) is 25.1. The van der Waals surface area contributed by atoms with Crippen LogP contribution < -0.4 is 19.5 Å². The molecular weight excluding hydrogens is 480 g/mol. The Kier molecular flexibility index (Phi) is 7.00. The first-order valence-corrected chi connectivity index (χ1v) is 12.3. The largest absolute Gasteiger partial charge is 0.497 e. The standard InChI is InChI=1S/C28H27ClN2O5/c1-34-23-8-4-20(24(29)16-23)15-27(32)30-22-6-2-18(3-7-22)19-10-12-31(13-11-19)28(33)21-5-9-25-26(14-21)36-17-35-25/h2-9,14,16,19H,10-13,15,17H2,1H3,(H,30,32). The second-order valence-corrected chi connectivity index (χ2v) is 9.35. The average molecular weight is 507 g/mol. The molecule has 2 heterocycles. The van der Waals surface area contributed by atoms with Crippen molar-refractivity contribution in [2.24, 2.45) is 0 Å². The molecule has 36 heavy (non-hydrogen) atoms. The number of amides is 2. The maximum Gasteiger partial charge on any atom is 0.253 e. The summed E-state index contributed by atoms with van der Waals surface area (Å²) in [6.07, 6.45) is 1.95. The fraction of sp³-hybridized carbons (Fsp3) is 0.286. The van der Waals surface area contributed by atoms with Gasteiger partial charge in [0.1, 0.15) is 5.75 Å². The number of anilines is 1. The second-order valence-electron chi connectivity index (χ2n) is 8.94. The minimum atomic E-state index is -0.134. The van der Waals surface area contributed by atoms with Gasteiger partial charge in [-0.3, -0.25) is 9.59 Å². The highest BCUT2D eigenvalue weighted by Gasteiger charge is 2.26. The monoisotopic (exact) mass is 506 g/mol. The van der Waals surface area contributed by atoms with Gasteiger partial charge in [-0.2, -0.15) is 0 Å². The molecular formula is C28H27ClN2O5. The molecule has 1 saturated heterocycles. The normalized spacial score (nSPS) is 15.0. The van der Waals surface area contributed by atoms with Crippen molar-refractivity contribution >= 4 is 29.1 Å². The van der Waals surface area contributed by atoms with Crippen molar-refractivity contribution in [2.75, 3.05) is 32.3 Å². The number of likely N-dealkylation sites (tertiary alicyclic amines) is 1. The Hall–Kier alpha value is -3.71. The number of benzene rings is 3. The van der Waals surface area contributed by atoms with Crippen molar-refractivity contribution in [1.29, 1.82) is 0 Å². The van der Waals surface area contributed by atoms with E-state index in [2.05, 4.69) is 17.4 Å². The van der Waals surface area contributed by atoms with E-state index in [1.165, 1.54) is 5.56 Å². The maximum absolute atomic E-state index is 12.9. The molecule has 0 unspecified atom stereocenters. The van der Waals surface area contributed by atoms with Crippen LogP contribution in [0.3, 0.4) is 0 Å². The Morgan fingerprint density at radius 1 is 1.00 bits per heavy atom. The van der Waals surface area contributed by atoms with Gasteiger partial charge >= 0.3 is 0 Å². The Morgan fingerprint density at radius 3 is 2.47 bits per heavy atom. The molecule has 0 bridgehead atoms. The topological polar surface area (TPSA) is 77.1 Å². The second kappa shape index (κ2) is 10.5. The van der Waals surface area contributed by atoms with E-state index < -0.39 is 0 Å². The number of fused-ring (bicyclic) bond motifs is 1. The first kappa shape index (κ1) is 24.0. The van der Waals surface area contributed by atoms with Gasteiger partial charge in [-0.05, 0) is 72.4 Å². The number of halogens is 1. The fourth-order valence-corrected chi connectivity index (χ4v) is 4.88. The molecule has 0 aromatic heterocycles. The van der Waals surface area contributed by atoms with Crippen LogP contribution in [0.4, 0.5) is 5.69 Å². The molecule has 3 aromatic carbocycles. The van der Waals surface area contributed by atoms with Gasteiger partial charge in [-0.25, -0.2) is 0 Å². The molecule has 0 radical (unpaired) electrons. The van der Waals surface area contributed by atoms with Crippen LogP contribution in [0.25, 0.3) is 0 Å². The molecule has 0 aliphatic carbocycles. The highest BCUT2D eigenvalue weighted by atomic mass is 35.5. The molecule has 8 heteroatoms. The number of rotatable bonds is 6. The Balaban J connectivity index is 1.13. The van der Waals surface area contributed by atoms with E-state index in [-0.39, 0.29) is 25.0 Å². The molecule has 0 spiro atoms. The molecule has 2 aliphatic rings. The first-order chi connectivity index (χ1) is 17.5. The van der Waals surface area contributed by atoms with E-state index in [9.17, 15) is 9.59 Å². The van der Waals surface area contributed by atoms with Crippen LogP contribution in [0.1, 0.15) is 40.2 Å². The van der Waals surface area contributed by atoms with Crippen molar-refractivity contribution in [1.82, 2.24) is 4.90 Å². The lowest BCUT2D eigenvalue weighted by Gasteiger charge is -2.32. The van der Waals surface area contributed by atoms with Gasteiger partial charge in [0.2, 0.25) is 12.7 Å². The lowest BCUT2D eigenvalue weighted by atomic mass is 9.89. The Morgan fingerprint density at radius 2 is 1.75 bits per heavy atom. The summed E-state index contributed by atoms with van der Waals surface area (Å²) in [5.41, 5.74) is 3.31. The van der Waals surface area contributed by atoms with Gasteiger partial charge in [-0.15, -0.1) is 0 Å². The SMILES string of the molecule is COc1ccc(CC(=O)Nc2ccc(C3CCN(C(=O)c4ccc5c(c4)OCO5)CC3)cc2)c(Cl)c1. The van der Waals surface area contributed by atoms with Crippen molar-refractivity contribution in [3.05, 3.63) is 82.4 Å². The van der Waals surface area contributed by atoms with E-state index in [1.54, 1.807) is 43.5 Å². The predicted octanol–water partition coefficient (Wildman–Crippen LogP) is 5.28. The zero-order valence-corrected chi connectivity index (χ0v) is 20.7. The van der Waals surface area contributed by atoms with Crippen LogP contribution >= 0.6 is 11.6 Å². The summed E-state index contributed by atoms with van der Waals surface area (Å²) < 4.78 is 15.9. The minimum Gasteiger partial charge on any atom is -0.497 e. The summed E-state index contributed by atoms with van der Waals surface area (Å²) in [7, 11) is 1.58. The summed E-state index contributed by atoms with van der Waals surface area (Å²) >= 11 is 6.25. The number of carbonyl (C=O) groups is 2. The highest BCUT2D eigenvalue weighted by molar-refractivity contribution is 6.31. The van der Waals surface area contributed by atoms with Crippen molar-refractivity contribution in [3.8, 4) is 17.2 Å². The van der Waals surface area contributed by atoms with Gasteiger partial charge in [0, 0.05) is 29.4 Å². The maximum atomic E-state index is 12.9. The molecule has 7 nitrogen and oxygen atoms in total. The van der Waals surface area contributed by atoms with Gasteiger partial charge in [0.25, 0.3) is 5.91 Å². The van der Waals surface area contributed by atoms with Gasteiger partial charge in [-0.1, -0.05) is 29.8 Å². The third kappa shape index (κ3) is 5.26. The molecule has 1 fully saturated rings. The predicted molar refractivity (Wildman–Crippen MR) is 137 cm³/mol. The fourth-order valence-electron chi connectivity index (χ4n) is 4.64. The van der Waals surface area contributed by atoms with E-state index in [0.29, 0.717) is 46.8 Å². The van der Waals surface area contributed by atoms with Crippen LogP contribution in [0.5, 0.6) is 17.2 Å². The Labute approximate surface area is 214 Å². The van der Waals surface area contributed by atoms with E-state index in [4.69, 9.17) is 25.8 Å². The molecule has 1 N–H and O–H groups in total. The zero-order valence-electron chi connectivity index (χ0n) is 20.0. The lowest BCUT2D eigenvalue weighted by molar-refractivity contribution is -0.115.